The number of hydrogen-bond acceptors (Lipinski definition) is 3. The van der Waals surface area contributed by atoms with Gasteiger partial charge in [-0.25, -0.2) is 17.2 Å². The summed E-state index contributed by atoms with van der Waals surface area (Å²) in [5, 5.41) is 2.52. The van der Waals surface area contributed by atoms with Crippen molar-refractivity contribution in [1.82, 2.24) is 5.32 Å². The van der Waals surface area contributed by atoms with Crippen molar-refractivity contribution in [3.63, 3.8) is 0 Å². The molecule has 1 amide bonds. The Morgan fingerprint density at radius 3 is 2.38 bits per heavy atom. The van der Waals surface area contributed by atoms with Crippen molar-refractivity contribution in [1.29, 1.82) is 0 Å². The average molecular weight is 382 g/mol. The Morgan fingerprint density at radius 1 is 1.08 bits per heavy atom. The molecule has 2 aromatic rings. The molecule has 0 atom stereocenters. The summed E-state index contributed by atoms with van der Waals surface area (Å²) in [5.74, 6) is -2.77. The van der Waals surface area contributed by atoms with Gasteiger partial charge in [-0.15, -0.1) is 0 Å². The Balaban J connectivity index is 2.12. The number of nitrogens with one attached hydrogen (secondary N) is 1. The second-order valence-electron chi connectivity index (χ2n) is 6.01. The average Bonchev–Trinajstić information content (AvgIpc) is 2.55. The number of amides is 1. The molecule has 0 saturated heterocycles. The third-order valence-electron chi connectivity index (χ3n) is 3.82. The van der Waals surface area contributed by atoms with Gasteiger partial charge in [-0.2, -0.15) is 0 Å². The first-order valence-corrected chi connectivity index (χ1v) is 9.72. The van der Waals surface area contributed by atoms with Gasteiger partial charge < -0.3 is 5.32 Å². The van der Waals surface area contributed by atoms with Crippen molar-refractivity contribution in [2.45, 2.75) is 13.8 Å². The molecular weight excluding hydrogens is 362 g/mol. The molecule has 0 unspecified atom stereocenters. The third-order valence-corrected chi connectivity index (χ3v) is 5.00. The van der Waals surface area contributed by atoms with Crippen LogP contribution in [0.1, 0.15) is 21.5 Å². The van der Waals surface area contributed by atoms with Crippen LogP contribution in [-0.2, 0) is 10.0 Å². The SMILES string of the molecule is Cc1ccc(C)c(N(CCNC(=O)c2ccc(F)c(F)c2)S(C)(=O)=O)c1. The number of sulfonamides is 1. The fraction of sp³-hybridized carbons (Fsp3) is 0.278. The Morgan fingerprint density at radius 2 is 1.77 bits per heavy atom. The van der Waals surface area contributed by atoms with Crippen molar-refractivity contribution in [3.05, 3.63) is 64.7 Å². The molecule has 2 aromatic carbocycles. The smallest absolute Gasteiger partial charge is 0.251 e. The van der Waals surface area contributed by atoms with Gasteiger partial charge in [0, 0.05) is 12.1 Å². The van der Waals surface area contributed by atoms with Crippen LogP contribution >= 0.6 is 0 Å². The van der Waals surface area contributed by atoms with Crippen molar-refractivity contribution in [2.24, 2.45) is 0 Å². The summed E-state index contributed by atoms with van der Waals surface area (Å²) in [4.78, 5) is 12.0. The monoisotopic (exact) mass is 382 g/mol. The fourth-order valence-electron chi connectivity index (χ4n) is 2.46. The van der Waals surface area contributed by atoms with Crippen LogP contribution in [0.5, 0.6) is 0 Å². The fourth-order valence-corrected chi connectivity index (χ4v) is 3.44. The van der Waals surface area contributed by atoms with E-state index in [4.69, 9.17) is 0 Å². The summed E-state index contributed by atoms with van der Waals surface area (Å²) in [6, 6.07) is 8.28. The van der Waals surface area contributed by atoms with Gasteiger partial charge >= 0.3 is 0 Å². The minimum atomic E-state index is -3.56. The van der Waals surface area contributed by atoms with E-state index in [1.165, 1.54) is 4.31 Å². The van der Waals surface area contributed by atoms with Gasteiger partial charge in [0.15, 0.2) is 11.6 Å². The van der Waals surface area contributed by atoms with E-state index in [9.17, 15) is 22.0 Å². The Bertz CT molecular complexity index is 930. The zero-order valence-electron chi connectivity index (χ0n) is 14.7. The molecule has 5 nitrogen and oxygen atoms in total. The highest BCUT2D eigenvalue weighted by Gasteiger charge is 2.19. The van der Waals surface area contributed by atoms with Crippen LogP contribution in [0.15, 0.2) is 36.4 Å². The lowest BCUT2D eigenvalue weighted by molar-refractivity contribution is 0.0954. The second-order valence-corrected chi connectivity index (χ2v) is 7.92. The maximum Gasteiger partial charge on any atom is 0.251 e. The summed E-state index contributed by atoms with van der Waals surface area (Å²) in [5.41, 5.74) is 2.19. The van der Waals surface area contributed by atoms with Gasteiger partial charge in [-0.1, -0.05) is 12.1 Å². The number of carbonyl (C=O) groups excluding carboxylic acids is 1. The van der Waals surface area contributed by atoms with Gasteiger partial charge in [0.2, 0.25) is 10.0 Å². The highest BCUT2D eigenvalue weighted by atomic mass is 32.2. The lowest BCUT2D eigenvalue weighted by atomic mass is 10.1. The summed E-state index contributed by atoms with van der Waals surface area (Å²) >= 11 is 0. The molecule has 0 aliphatic heterocycles. The first-order valence-electron chi connectivity index (χ1n) is 7.88. The topological polar surface area (TPSA) is 66.5 Å². The number of aryl methyl sites for hydroxylation is 2. The molecular formula is C18H20F2N2O3S. The third kappa shape index (κ3) is 4.78. The number of carbonyl (C=O) groups is 1. The van der Waals surface area contributed by atoms with Crippen molar-refractivity contribution >= 4 is 21.6 Å². The second kappa shape index (κ2) is 7.82. The molecule has 0 heterocycles. The molecule has 0 bridgehead atoms. The molecule has 0 fully saturated rings. The van der Waals surface area contributed by atoms with Crippen LogP contribution in [-0.4, -0.2) is 33.7 Å². The molecule has 1 N–H and O–H groups in total. The minimum Gasteiger partial charge on any atom is -0.350 e. The normalized spacial score (nSPS) is 11.3. The first-order chi connectivity index (χ1) is 12.1. The van der Waals surface area contributed by atoms with E-state index < -0.39 is 27.6 Å². The molecule has 2 rings (SSSR count). The van der Waals surface area contributed by atoms with Crippen LogP contribution < -0.4 is 9.62 Å². The number of nitrogens with zero attached hydrogens (tertiary/aromatic N) is 1. The van der Waals surface area contributed by atoms with Crippen LogP contribution in [0, 0.1) is 25.5 Å². The van der Waals surface area contributed by atoms with E-state index in [1.54, 1.807) is 13.0 Å². The number of rotatable bonds is 6. The lowest BCUT2D eigenvalue weighted by Gasteiger charge is -2.24. The zero-order valence-corrected chi connectivity index (χ0v) is 15.5. The van der Waals surface area contributed by atoms with Crippen LogP contribution in [0.2, 0.25) is 0 Å². The first kappa shape index (κ1) is 19.8. The maximum absolute atomic E-state index is 13.2. The molecule has 0 saturated carbocycles. The Hall–Kier alpha value is -2.48. The standard InChI is InChI=1S/C18H20F2N2O3S/c1-12-4-5-13(2)17(10-12)22(26(3,24)25)9-8-21-18(23)14-6-7-15(19)16(20)11-14/h4-7,10-11H,8-9H2,1-3H3,(H,21,23). The van der Waals surface area contributed by atoms with E-state index in [-0.39, 0.29) is 18.7 Å². The summed E-state index contributed by atoms with van der Waals surface area (Å²) in [7, 11) is -3.56. The van der Waals surface area contributed by atoms with Gasteiger partial charge in [0.05, 0.1) is 18.5 Å². The molecule has 0 aliphatic rings. The number of hydrogen-bond donors (Lipinski definition) is 1. The quantitative estimate of drug-likeness (QED) is 0.835. The van der Waals surface area contributed by atoms with E-state index >= 15 is 0 Å². The Kier molecular flexibility index (Phi) is 5.97. The highest BCUT2D eigenvalue weighted by molar-refractivity contribution is 7.92. The summed E-state index contributed by atoms with van der Waals surface area (Å²) in [6.07, 6.45) is 1.09. The zero-order chi connectivity index (χ0) is 19.5. The van der Waals surface area contributed by atoms with Crippen LogP contribution in [0.4, 0.5) is 14.5 Å². The number of benzene rings is 2. The van der Waals surface area contributed by atoms with Gasteiger partial charge in [-0.05, 0) is 49.2 Å². The Labute approximate surface area is 151 Å². The largest absolute Gasteiger partial charge is 0.350 e. The van der Waals surface area contributed by atoms with E-state index in [0.717, 1.165) is 35.6 Å². The van der Waals surface area contributed by atoms with Crippen molar-refractivity contribution < 1.29 is 22.0 Å². The van der Waals surface area contributed by atoms with E-state index in [0.29, 0.717) is 5.69 Å². The van der Waals surface area contributed by atoms with Crippen molar-refractivity contribution in [3.8, 4) is 0 Å². The molecule has 8 heteroatoms. The van der Waals surface area contributed by atoms with Crippen molar-refractivity contribution in [2.75, 3.05) is 23.7 Å². The maximum atomic E-state index is 13.2. The van der Waals surface area contributed by atoms with Gasteiger partial charge in [0.25, 0.3) is 5.91 Å². The molecule has 0 radical (unpaired) electrons. The number of anilines is 1. The minimum absolute atomic E-state index is 0.0122. The van der Waals surface area contributed by atoms with Crippen LogP contribution in [0.25, 0.3) is 0 Å². The van der Waals surface area contributed by atoms with Crippen LogP contribution in [0.3, 0.4) is 0 Å². The van der Waals surface area contributed by atoms with Gasteiger partial charge in [-0.3, -0.25) is 9.10 Å². The summed E-state index contributed by atoms with van der Waals surface area (Å²) < 4.78 is 51.6. The molecule has 140 valence electrons. The van der Waals surface area contributed by atoms with E-state index in [2.05, 4.69) is 5.32 Å². The molecule has 0 spiro atoms. The molecule has 0 aromatic heterocycles. The van der Waals surface area contributed by atoms with E-state index in [1.807, 2.05) is 19.1 Å². The molecule has 26 heavy (non-hydrogen) atoms. The predicted octanol–water partition coefficient (Wildman–Crippen LogP) is 2.78. The highest BCUT2D eigenvalue weighted by Crippen LogP contribution is 2.23. The predicted molar refractivity (Wildman–Crippen MR) is 96.8 cm³/mol. The molecule has 0 aliphatic carbocycles. The van der Waals surface area contributed by atoms with Gasteiger partial charge in [0.1, 0.15) is 0 Å². The number of halogens is 2. The summed E-state index contributed by atoms with van der Waals surface area (Å²) in [6.45, 7) is 3.68. The lowest BCUT2D eigenvalue weighted by Crippen LogP contribution is -2.38.